The van der Waals surface area contributed by atoms with Crippen molar-refractivity contribution in [2.24, 2.45) is 0 Å². The summed E-state index contributed by atoms with van der Waals surface area (Å²) >= 11 is 5.08. The summed E-state index contributed by atoms with van der Waals surface area (Å²) in [5.74, 6) is 0.887. The summed E-state index contributed by atoms with van der Waals surface area (Å²) in [6.07, 6.45) is 1.01. The second-order valence-corrected chi connectivity index (χ2v) is 4.51. The Morgan fingerprint density at radius 3 is 2.61 bits per heavy atom. The number of aromatic amines is 1. The standard InChI is InChI=1S/C14H16N2OS/c1-3-8-17-12-6-4-11(5-7-12)13-9-10(2)15-14(18)16-13/h4-7,9H,3,8H2,1-2H3,(H,15,16,18). The van der Waals surface area contributed by atoms with Gasteiger partial charge in [0.15, 0.2) is 4.77 Å². The molecule has 3 nitrogen and oxygen atoms in total. The summed E-state index contributed by atoms with van der Waals surface area (Å²) in [4.78, 5) is 7.31. The van der Waals surface area contributed by atoms with E-state index in [1.807, 2.05) is 37.3 Å². The molecule has 0 fully saturated rings. The zero-order chi connectivity index (χ0) is 13.0. The fraction of sp³-hybridized carbons (Fsp3) is 0.286. The second kappa shape index (κ2) is 5.78. The van der Waals surface area contributed by atoms with Gasteiger partial charge in [-0.2, -0.15) is 0 Å². The average Bonchev–Trinajstić information content (AvgIpc) is 2.36. The Hall–Kier alpha value is -1.68. The van der Waals surface area contributed by atoms with Crippen molar-refractivity contribution >= 4 is 12.2 Å². The third kappa shape index (κ3) is 3.17. The molecule has 0 saturated heterocycles. The number of hydrogen-bond donors (Lipinski definition) is 1. The van der Waals surface area contributed by atoms with Crippen LogP contribution >= 0.6 is 12.2 Å². The third-order valence-corrected chi connectivity index (χ3v) is 2.70. The van der Waals surface area contributed by atoms with Gasteiger partial charge in [0, 0.05) is 11.3 Å². The van der Waals surface area contributed by atoms with Gasteiger partial charge < -0.3 is 9.72 Å². The largest absolute Gasteiger partial charge is 0.494 e. The van der Waals surface area contributed by atoms with Gasteiger partial charge in [0.1, 0.15) is 5.75 Å². The lowest BCUT2D eigenvalue weighted by atomic mass is 10.1. The molecule has 0 bridgehead atoms. The van der Waals surface area contributed by atoms with Crippen molar-refractivity contribution in [2.75, 3.05) is 6.61 Å². The van der Waals surface area contributed by atoms with Crippen LogP contribution in [0, 0.1) is 11.7 Å². The number of aromatic nitrogens is 2. The molecule has 0 atom stereocenters. The molecule has 0 amide bonds. The summed E-state index contributed by atoms with van der Waals surface area (Å²) in [5.41, 5.74) is 2.94. The third-order valence-electron chi connectivity index (χ3n) is 2.50. The molecule has 0 radical (unpaired) electrons. The lowest BCUT2D eigenvalue weighted by molar-refractivity contribution is 0.317. The summed E-state index contributed by atoms with van der Waals surface area (Å²) in [5, 5.41) is 0. The lowest BCUT2D eigenvalue weighted by Gasteiger charge is -2.06. The predicted molar refractivity (Wildman–Crippen MR) is 75.4 cm³/mol. The van der Waals surface area contributed by atoms with E-state index < -0.39 is 0 Å². The van der Waals surface area contributed by atoms with E-state index in [1.54, 1.807) is 0 Å². The quantitative estimate of drug-likeness (QED) is 0.847. The topological polar surface area (TPSA) is 37.9 Å². The smallest absolute Gasteiger partial charge is 0.197 e. The first-order valence-corrected chi connectivity index (χ1v) is 6.41. The molecule has 2 rings (SSSR count). The van der Waals surface area contributed by atoms with Crippen molar-refractivity contribution in [1.82, 2.24) is 9.97 Å². The van der Waals surface area contributed by atoms with Crippen LogP contribution in [0.3, 0.4) is 0 Å². The molecule has 0 aliphatic rings. The molecule has 2 aromatic rings. The Labute approximate surface area is 112 Å². The molecule has 1 heterocycles. The van der Waals surface area contributed by atoms with Crippen LogP contribution in [-0.2, 0) is 0 Å². The van der Waals surface area contributed by atoms with Gasteiger partial charge in [-0.15, -0.1) is 0 Å². The Bertz CT molecular complexity index is 575. The molecule has 1 aromatic carbocycles. The van der Waals surface area contributed by atoms with Crippen molar-refractivity contribution in [3.8, 4) is 17.0 Å². The molecule has 1 N–H and O–H groups in total. The lowest BCUT2D eigenvalue weighted by Crippen LogP contribution is -1.95. The van der Waals surface area contributed by atoms with E-state index in [0.29, 0.717) is 4.77 Å². The van der Waals surface area contributed by atoms with Crippen molar-refractivity contribution in [3.63, 3.8) is 0 Å². The highest BCUT2D eigenvalue weighted by atomic mass is 32.1. The minimum absolute atomic E-state index is 0.510. The average molecular weight is 260 g/mol. The molecule has 0 spiro atoms. The Kier molecular flexibility index (Phi) is 4.10. The maximum atomic E-state index is 5.55. The Morgan fingerprint density at radius 2 is 2.00 bits per heavy atom. The monoisotopic (exact) mass is 260 g/mol. The SMILES string of the molecule is CCCOc1ccc(-c2cc(C)[nH]c(=S)n2)cc1. The highest BCUT2D eigenvalue weighted by Crippen LogP contribution is 2.21. The molecule has 18 heavy (non-hydrogen) atoms. The molecule has 0 aliphatic carbocycles. The van der Waals surface area contributed by atoms with Gasteiger partial charge in [-0.3, -0.25) is 0 Å². The normalized spacial score (nSPS) is 10.3. The first-order valence-electron chi connectivity index (χ1n) is 6.00. The van der Waals surface area contributed by atoms with E-state index in [0.717, 1.165) is 35.7 Å². The number of nitrogens with one attached hydrogen (secondary N) is 1. The molecule has 0 unspecified atom stereocenters. The van der Waals surface area contributed by atoms with Gasteiger partial charge in [0.05, 0.1) is 12.3 Å². The molecular weight excluding hydrogens is 244 g/mol. The summed E-state index contributed by atoms with van der Waals surface area (Å²) in [6, 6.07) is 9.91. The number of ether oxygens (including phenoxy) is 1. The van der Waals surface area contributed by atoms with Crippen molar-refractivity contribution < 1.29 is 4.74 Å². The highest BCUT2D eigenvalue weighted by molar-refractivity contribution is 7.71. The van der Waals surface area contributed by atoms with Gasteiger partial charge in [0.2, 0.25) is 0 Å². The van der Waals surface area contributed by atoms with Gasteiger partial charge in [-0.25, -0.2) is 4.98 Å². The minimum Gasteiger partial charge on any atom is -0.494 e. The van der Waals surface area contributed by atoms with Crippen LogP contribution in [-0.4, -0.2) is 16.6 Å². The van der Waals surface area contributed by atoms with E-state index in [9.17, 15) is 0 Å². The number of rotatable bonds is 4. The maximum absolute atomic E-state index is 5.55. The number of nitrogens with zero attached hydrogens (tertiary/aromatic N) is 1. The van der Waals surface area contributed by atoms with Crippen LogP contribution < -0.4 is 4.74 Å². The molecule has 0 aliphatic heterocycles. The highest BCUT2D eigenvalue weighted by Gasteiger charge is 2.01. The summed E-state index contributed by atoms with van der Waals surface area (Å²) in [7, 11) is 0. The molecule has 94 valence electrons. The van der Waals surface area contributed by atoms with Crippen LogP contribution in [0.25, 0.3) is 11.3 Å². The molecule has 1 aromatic heterocycles. The van der Waals surface area contributed by atoms with Crippen LogP contribution in [0.4, 0.5) is 0 Å². The van der Waals surface area contributed by atoms with Gasteiger partial charge in [0.25, 0.3) is 0 Å². The zero-order valence-corrected chi connectivity index (χ0v) is 11.4. The predicted octanol–water partition coefficient (Wildman–Crippen LogP) is 3.90. The fourth-order valence-corrected chi connectivity index (χ4v) is 1.93. The molecule has 4 heteroatoms. The number of aryl methyl sites for hydroxylation is 1. The van der Waals surface area contributed by atoms with Gasteiger partial charge >= 0.3 is 0 Å². The van der Waals surface area contributed by atoms with Crippen LogP contribution in [0.15, 0.2) is 30.3 Å². The van der Waals surface area contributed by atoms with E-state index in [1.165, 1.54) is 0 Å². The maximum Gasteiger partial charge on any atom is 0.197 e. The van der Waals surface area contributed by atoms with E-state index in [-0.39, 0.29) is 0 Å². The number of H-pyrrole nitrogens is 1. The van der Waals surface area contributed by atoms with E-state index >= 15 is 0 Å². The van der Waals surface area contributed by atoms with Gasteiger partial charge in [-0.05, 0) is 55.9 Å². The van der Waals surface area contributed by atoms with E-state index in [2.05, 4.69) is 16.9 Å². The zero-order valence-electron chi connectivity index (χ0n) is 10.6. The van der Waals surface area contributed by atoms with Crippen LogP contribution in [0.1, 0.15) is 19.0 Å². The second-order valence-electron chi connectivity index (χ2n) is 4.13. The minimum atomic E-state index is 0.510. The molecular formula is C14H16N2OS. The number of hydrogen-bond acceptors (Lipinski definition) is 3. The van der Waals surface area contributed by atoms with Gasteiger partial charge in [-0.1, -0.05) is 6.92 Å². The Balaban J connectivity index is 2.25. The van der Waals surface area contributed by atoms with Crippen molar-refractivity contribution in [3.05, 3.63) is 40.8 Å². The van der Waals surface area contributed by atoms with Crippen molar-refractivity contribution in [1.29, 1.82) is 0 Å². The van der Waals surface area contributed by atoms with Crippen LogP contribution in [0.5, 0.6) is 5.75 Å². The van der Waals surface area contributed by atoms with Crippen LogP contribution in [0.2, 0.25) is 0 Å². The van der Waals surface area contributed by atoms with Crippen molar-refractivity contribution in [2.45, 2.75) is 20.3 Å². The van der Waals surface area contributed by atoms with E-state index in [4.69, 9.17) is 17.0 Å². The summed E-state index contributed by atoms with van der Waals surface area (Å²) in [6.45, 7) is 4.81. The first kappa shape index (κ1) is 12.8. The number of benzene rings is 1. The first-order chi connectivity index (χ1) is 8.69. The summed E-state index contributed by atoms with van der Waals surface area (Å²) < 4.78 is 6.06. The molecule has 0 saturated carbocycles. The fourth-order valence-electron chi connectivity index (χ4n) is 1.67. The Morgan fingerprint density at radius 1 is 1.28 bits per heavy atom.